The van der Waals surface area contributed by atoms with Gasteiger partial charge in [-0.2, -0.15) is 0 Å². The minimum Gasteiger partial charge on any atom is -0.462 e. The Hall–Kier alpha value is -2.73. The van der Waals surface area contributed by atoms with Crippen molar-refractivity contribution in [3.63, 3.8) is 0 Å². The predicted octanol–water partition coefficient (Wildman–Crippen LogP) is 5.52. The van der Waals surface area contributed by atoms with Gasteiger partial charge < -0.3 is 15.2 Å². The number of rotatable bonds is 6. The molecule has 2 aromatic carbocycles. The summed E-state index contributed by atoms with van der Waals surface area (Å²) >= 11 is 5.74. The molecule has 0 saturated heterocycles. The summed E-state index contributed by atoms with van der Waals surface area (Å²) in [6.45, 7) is 6.12. The third-order valence-electron chi connectivity index (χ3n) is 3.29. The number of nitrogens with two attached hydrogens (primary N) is 1. The fourth-order valence-electron chi connectivity index (χ4n) is 1.94. The number of carbonyl (C=O) groups excluding carboxylic acids is 2. The highest BCUT2D eigenvalue weighted by atomic mass is 35.5. The second kappa shape index (κ2) is 12.6. The number of nitrogens with one attached hydrogen (secondary N) is 1. The highest BCUT2D eigenvalue weighted by Crippen LogP contribution is 2.15. The first-order valence-electron chi connectivity index (χ1n) is 9.07. The van der Waals surface area contributed by atoms with Gasteiger partial charge in [-0.25, -0.2) is 9.59 Å². The van der Waals surface area contributed by atoms with Crippen molar-refractivity contribution >= 4 is 35.0 Å². The maximum Gasteiger partial charge on any atom is 0.411 e. The molecule has 0 aliphatic carbocycles. The summed E-state index contributed by atoms with van der Waals surface area (Å²) in [6.07, 6.45) is 1.33. The van der Waals surface area contributed by atoms with Crippen LogP contribution in [0.5, 0.6) is 0 Å². The second-order valence-electron chi connectivity index (χ2n) is 6.20. The van der Waals surface area contributed by atoms with Crippen LogP contribution in [0.25, 0.3) is 0 Å². The Kier molecular flexibility index (Phi) is 10.5. The number of carbonyl (C=O) groups is 2. The number of amides is 1. The number of anilines is 2. The molecule has 0 radical (unpaired) electrons. The van der Waals surface area contributed by atoms with E-state index in [4.69, 9.17) is 26.8 Å². The van der Waals surface area contributed by atoms with E-state index in [9.17, 15) is 9.59 Å². The summed E-state index contributed by atoms with van der Waals surface area (Å²) < 4.78 is 9.93. The molecule has 1 amide bonds. The lowest BCUT2D eigenvalue weighted by Crippen LogP contribution is -2.17. The minimum atomic E-state index is -0.470. The van der Waals surface area contributed by atoms with Crippen molar-refractivity contribution in [2.24, 2.45) is 0 Å². The molecule has 0 aliphatic rings. The molecule has 0 atom stereocenters. The average Bonchev–Trinajstić information content (AvgIpc) is 2.62. The molecule has 3 N–H and O–H groups in total. The van der Waals surface area contributed by atoms with Crippen molar-refractivity contribution in [3.8, 4) is 0 Å². The van der Waals surface area contributed by atoms with E-state index in [1.54, 1.807) is 62.4 Å². The number of ether oxygens (including phenoxy) is 2. The molecule has 28 heavy (non-hydrogen) atoms. The topological polar surface area (TPSA) is 90.6 Å². The van der Waals surface area contributed by atoms with Gasteiger partial charge in [-0.1, -0.05) is 31.0 Å². The van der Waals surface area contributed by atoms with E-state index in [0.29, 0.717) is 28.6 Å². The van der Waals surface area contributed by atoms with E-state index in [1.807, 2.05) is 0 Å². The van der Waals surface area contributed by atoms with Gasteiger partial charge in [-0.05, 0) is 62.7 Å². The zero-order valence-electron chi connectivity index (χ0n) is 16.4. The molecule has 0 aliphatic heterocycles. The molecule has 0 fully saturated rings. The predicted molar refractivity (Wildman–Crippen MR) is 113 cm³/mol. The Labute approximate surface area is 171 Å². The number of unbranched alkanes of at least 4 members (excludes halogenated alkanes) is 1. The van der Waals surface area contributed by atoms with Gasteiger partial charge in [0.2, 0.25) is 0 Å². The summed E-state index contributed by atoms with van der Waals surface area (Å²) in [5.74, 6) is -0.279. The number of benzene rings is 2. The molecular formula is C21H27ClN2O4. The molecule has 0 heterocycles. The third kappa shape index (κ3) is 9.83. The molecule has 2 aromatic rings. The van der Waals surface area contributed by atoms with Crippen LogP contribution >= 0.6 is 11.6 Å². The van der Waals surface area contributed by atoms with Crippen molar-refractivity contribution in [2.45, 2.75) is 39.7 Å². The van der Waals surface area contributed by atoms with Gasteiger partial charge in [0.25, 0.3) is 0 Å². The summed E-state index contributed by atoms with van der Waals surface area (Å²) in [5, 5.41) is 3.14. The van der Waals surface area contributed by atoms with E-state index >= 15 is 0 Å². The van der Waals surface area contributed by atoms with Crippen LogP contribution in [-0.2, 0) is 9.47 Å². The Morgan fingerprint density at radius 1 is 1.14 bits per heavy atom. The van der Waals surface area contributed by atoms with Crippen molar-refractivity contribution < 1.29 is 19.1 Å². The standard InChI is InChI=1S/C11H15NO2.C10H12ClNO2/c1-2-3-8-14-11(13)9-4-6-10(12)7-5-9;1-7(2)14-10(13)12-9-5-3-4-8(11)6-9/h4-7H,2-3,8,12H2,1H3;3-7H,1-2H3,(H,12,13). The van der Waals surface area contributed by atoms with Gasteiger partial charge in [-0.15, -0.1) is 0 Å². The van der Waals surface area contributed by atoms with E-state index in [-0.39, 0.29) is 12.1 Å². The summed E-state index contributed by atoms with van der Waals surface area (Å²) in [6, 6.07) is 13.6. The molecule has 2 rings (SSSR count). The normalized spacial score (nSPS) is 9.89. The number of hydrogen-bond donors (Lipinski definition) is 2. The van der Waals surface area contributed by atoms with E-state index in [1.165, 1.54) is 0 Å². The van der Waals surface area contributed by atoms with E-state index in [2.05, 4.69) is 12.2 Å². The van der Waals surface area contributed by atoms with Gasteiger partial charge in [0.15, 0.2) is 0 Å². The Morgan fingerprint density at radius 3 is 2.39 bits per heavy atom. The smallest absolute Gasteiger partial charge is 0.411 e. The third-order valence-corrected chi connectivity index (χ3v) is 3.53. The van der Waals surface area contributed by atoms with Crippen molar-refractivity contribution in [1.29, 1.82) is 0 Å². The van der Waals surface area contributed by atoms with Crippen molar-refractivity contribution in [2.75, 3.05) is 17.7 Å². The van der Waals surface area contributed by atoms with Gasteiger partial charge in [0.1, 0.15) is 0 Å². The molecule has 7 heteroatoms. The van der Waals surface area contributed by atoms with Crippen LogP contribution in [0.1, 0.15) is 44.0 Å². The van der Waals surface area contributed by atoms with Crippen LogP contribution in [0, 0.1) is 0 Å². The van der Waals surface area contributed by atoms with Crippen LogP contribution in [-0.4, -0.2) is 24.8 Å². The zero-order chi connectivity index (χ0) is 20.9. The highest BCUT2D eigenvalue weighted by Gasteiger charge is 2.06. The minimum absolute atomic E-state index is 0.130. The fourth-order valence-corrected chi connectivity index (χ4v) is 2.13. The Bertz CT molecular complexity index is 748. The lowest BCUT2D eigenvalue weighted by Gasteiger charge is -2.09. The van der Waals surface area contributed by atoms with E-state index < -0.39 is 6.09 Å². The van der Waals surface area contributed by atoms with Gasteiger partial charge in [-0.3, -0.25) is 5.32 Å². The largest absolute Gasteiger partial charge is 0.462 e. The Balaban J connectivity index is 0.000000280. The number of nitrogen functional groups attached to an aromatic ring is 1. The monoisotopic (exact) mass is 406 g/mol. The molecule has 0 saturated carbocycles. The summed E-state index contributed by atoms with van der Waals surface area (Å²) in [4.78, 5) is 22.5. The molecule has 0 bridgehead atoms. The van der Waals surface area contributed by atoms with Crippen LogP contribution in [0.2, 0.25) is 5.02 Å². The number of hydrogen-bond acceptors (Lipinski definition) is 5. The lowest BCUT2D eigenvalue weighted by atomic mass is 10.2. The lowest BCUT2D eigenvalue weighted by molar-refractivity contribution is 0.0499. The fraction of sp³-hybridized carbons (Fsp3) is 0.333. The van der Waals surface area contributed by atoms with Gasteiger partial charge in [0.05, 0.1) is 18.3 Å². The van der Waals surface area contributed by atoms with Crippen LogP contribution in [0.15, 0.2) is 48.5 Å². The quantitative estimate of drug-likeness (QED) is 0.374. The van der Waals surface area contributed by atoms with Crippen LogP contribution < -0.4 is 11.1 Å². The summed E-state index contributed by atoms with van der Waals surface area (Å²) in [5.41, 5.74) is 7.32. The number of esters is 1. The molecule has 0 spiro atoms. The maximum absolute atomic E-state index is 11.4. The SMILES string of the molecule is CC(C)OC(=O)Nc1cccc(Cl)c1.CCCCOC(=O)c1ccc(N)cc1. The Morgan fingerprint density at radius 2 is 1.82 bits per heavy atom. The second-order valence-corrected chi connectivity index (χ2v) is 6.64. The zero-order valence-corrected chi connectivity index (χ0v) is 17.2. The number of halogens is 1. The first kappa shape index (κ1) is 23.3. The molecule has 0 aromatic heterocycles. The molecular weight excluding hydrogens is 380 g/mol. The summed E-state index contributed by atoms with van der Waals surface area (Å²) in [7, 11) is 0. The van der Waals surface area contributed by atoms with Crippen molar-refractivity contribution in [3.05, 3.63) is 59.1 Å². The van der Waals surface area contributed by atoms with Crippen LogP contribution in [0.4, 0.5) is 16.2 Å². The van der Waals surface area contributed by atoms with Crippen molar-refractivity contribution in [1.82, 2.24) is 0 Å². The van der Waals surface area contributed by atoms with E-state index in [0.717, 1.165) is 12.8 Å². The average molecular weight is 407 g/mol. The highest BCUT2D eigenvalue weighted by molar-refractivity contribution is 6.30. The molecule has 152 valence electrons. The first-order valence-corrected chi connectivity index (χ1v) is 9.45. The molecule has 0 unspecified atom stereocenters. The van der Waals surface area contributed by atoms with Crippen LogP contribution in [0.3, 0.4) is 0 Å². The van der Waals surface area contributed by atoms with Gasteiger partial charge in [0, 0.05) is 16.4 Å². The van der Waals surface area contributed by atoms with Gasteiger partial charge >= 0.3 is 12.1 Å². The maximum atomic E-state index is 11.4. The molecule has 6 nitrogen and oxygen atoms in total. The first-order chi connectivity index (χ1) is 13.3.